The highest BCUT2D eigenvalue weighted by atomic mass is 19.1. The molecule has 0 spiro atoms. The van der Waals surface area contributed by atoms with E-state index in [9.17, 15) is 23.2 Å². The fraction of sp³-hybridized carbons (Fsp3) is 0.208. The Labute approximate surface area is 184 Å². The van der Waals surface area contributed by atoms with Crippen LogP contribution in [-0.4, -0.2) is 22.2 Å². The Morgan fingerprint density at radius 2 is 1.31 bits per heavy atom. The molecule has 0 aliphatic carbocycles. The van der Waals surface area contributed by atoms with Crippen molar-refractivity contribution in [2.75, 3.05) is 10.6 Å². The average molecular weight is 439 g/mol. The number of nitrogens with zero attached hydrogens (tertiary/aromatic N) is 1. The van der Waals surface area contributed by atoms with E-state index in [-0.39, 0.29) is 22.8 Å². The maximum Gasteiger partial charge on any atom is 0.298 e. The van der Waals surface area contributed by atoms with Crippen LogP contribution >= 0.6 is 0 Å². The van der Waals surface area contributed by atoms with Crippen molar-refractivity contribution in [1.82, 2.24) is 4.57 Å². The fourth-order valence-corrected chi connectivity index (χ4v) is 3.57. The van der Waals surface area contributed by atoms with Crippen molar-refractivity contribution in [2.45, 2.75) is 27.7 Å². The lowest BCUT2D eigenvalue weighted by Gasteiger charge is -2.08. The smallest absolute Gasteiger partial charge is 0.298 e. The minimum atomic E-state index is -0.902. The van der Waals surface area contributed by atoms with Crippen molar-refractivity contribution in [3.8, 4) is 0 Å². The second kappa shape index (κ2) is 8.74. The summed E-state index contributed by atoms with van der Waals surface area (Å²) in [6, 6.07) is 8.19. The van der Waals surface area contributed by atoms with Gasteiger partial charge in [-0.3, -0.25) is 14.4 Å². The predicted molar refractivity (Wildman–Crippen MR) is 118 cm³/mol. The molecule has 32 heavy (non-hydrogen) atoms. The van der Waals surface area contributed by atoms with Gasteiger partial charge in [0.25, 0.3) is 17.6 Å². The molecule has 2 amide bonds. The number of hydrogen-bond acceptors (Lipinski definition) is 3. The van der Waals surface area contributed by atoms with Crippen molar-refractivity contribution >= 4 is 29.0 Å². The zero-order chi connectivity index (χ0) is 23.7. The number of benzene rings is 2. The molecule has 0 unspecified atom stereocenters. The van der Waals surface area contributed by atoms with Gasteiger partial charge in [-0.05, 0) is 80.8 Å². The lowest BCUT2D eigenvalue weighted by Crippen LogP contribution is -2.25. The highest BCUT2D eigenvalue weighted by Crippen LogP contribution is 2.24. The first-order valence-corrected chi connectivity index (χ1v) is 9.86. The van der Waals surface area contributed by atoms with Gasteiger partial charge in [-0.2, -0.15) is 0 Å². The Kier molecular flexibility index (Phi) is 6.25. The molecular formula is C24H23F2N3O3. The van der Waals surface area contributed by atoms with E-state index < -0.39 is 23.4 Å². The number of Topliss-reactive ketones (excluding diaryl/α,β-unsaturated/α-hetero) is 1. The Bertz CT molecular complexity index is 1260. The SMILES string of the molecule is Cc1cc(NC(=O)C(=O)c2c(C)c(C(=O)Nc3ccc(F)c(C)c3)c(C)n2C)ccc1F. The zero-order valence-corrected chi connectivity index (χ0v) is 18.4. The van der Waals surface area contributed by atoms with Crippen LogP contribution in [0.5, 0.6) is 0 Å². The molecule has 0 atom stereocenters. The molecule has 0 fully saturated rings. The standard InChI is InChI=1S/C24H23F2N3O3/c1-12-10-16(6-8-18(12)25)27-23(31)20-14(3)21(29(5)15(20)4)22(30)24(32)28-17-7-9-19(26)13(2)11-17/h6-11H,1-5H3,(H,27,31)(H,28,32). The van der Waals surface area contributed by atoms with E-state index in [0.717, 1.165) is 0 Å². The normalized spacial score (nSPS) is 10.7. The van der Waals surface area contributed by atoms with E-state index >= 15 is 0 Å². The molecule has 0 radical (unpaired) electrons. The molecule has 0 aliphatic rings. The van der Waals surface area contributed by atoms with Crippen LogP contribution < -0.4 is 10.6 Å². The molecule has 1 heterocycles. The summed E-state index contributed by atoms with van der Waals surface area (Å²) >= 11 is 0. The van der Waals surface area contributed by atoms with E-state index in [1.807, 2.05) is 0 Å². The highest BCUT2D eigenvalue weighted by Gasteiger charge is 2.28. The number of halogens is 2. The molecule has 166 valence electrons. The summed E-state index contributed by atoms with van der Waals surface area (Å²) < 4.78 is 28.4. The number of aryl methyl sites for hydroxylation is 2. The molecular weight excluding hydrogens is 416 g/mol. The lowest BCUT2D eigenvalue weighted by molar-refractivity contribution is -0.112. The third-order valence-electron chi connectivity index (χ3n) is 5.41. The van der Waals surface area contributed by atoms with Gasteiger partial charge < -0.3 is 15.2 Å². The van der Waals surface area contributed by atoms with E-state index in [4.69, 9.17) is 0 Å². The molecule has 0 saturated carbocycles. The van der Waals surface area contributed by atoms with E-state index in [1.165, 1.54) is 41.0 Å². The van der Waals surface area contributed by atoms with Crippen molar-refractivity contribution in [3.63, 3.8) is 0 Å². The monoisotopic (exact) mass is 439 g/mol. The topological polar surface area (TPSA) is 80.2 Å². The van der Waals surface area contributed by atoms with Crippen LogP contribution in [0.3, 0.4) is 0 Å². The van der Waals surface area contributed by atoms with Gasteiger partial charge in [-0.25, -0.2) is 8.78 Å². The molecule has 0 bridgehead atoms. The summed E-state index contributed by atoms with van der Waals surface area (Å²) in [6.45, 7) is 6.38. The number of anilines is 2. The number of amides is 2. The first kappa shape index (κ1) is 22.9. The quantitative estimate of drug-likeness (QED) is 0.450. The van der Waals surface area contributed by atoms with Crippen molar-refractivity contribution < 1.29 is 23.2 Å². The average Bonchev–Trinajstić information content (AvgIpc) is 2.95. The lowest BCUT2D eigenvalue weighted by atomic mass is 10.1. The molecule has 0 saturated heterocycles. The summed E-state index contributed by atoms with van der Waals surface area (Å²) in [5.74, 6) is -3.01. The Hall–Kier alpha value is -3.81. The summed E-state index contributed by atoms with van der Waals surface area (Å²) in [4.78, 5) is 38.4. The Morgan fingerprint density at radius 1 is 0.812 bits per heavy atom. The van der Waals surface area contributed by atoms with Crippen LogP contribution in [0.2, 0.25) is 0 Å². The molecule has 1 aromatic heterocycles. The molecule has 3 rings (SSSR count). The van der Waals surface area contributed by atoms with Gasteiger partial charge in [-0.15, -0.1) is 0 Å². The van der Waals surface area contributed by atoms with Crippen molar-refractivity contribution in [3.05, 3.63) is 81.7 Å². The van der Waals surface area contributed by atoms with Crippen LogP contribution in [0.25, 0.3) is 0 Å². The third kappa shape index (κ3) is 4.30. The van der Waals surface area contributed by atoms with Gasteiger partial charge in [0, 0.05) is 24.1 Å². The minimum absolute atomic E-state index is 0.0688. The molecule has 2 N–H and O–H groups in total. The maximum absolute atomic E-state index is 13.5. The summed E-state index contributed by atoms with van der Waals surface area (Å²) in [5.41, 5.74) is 2.57. The number of carbonyl (C=O) groups excluding carboxylic acids is 3. The molecule has 0 aliphatic heterocycles. The molecule has 6 nitrogen and oxygen atoms in total. The Balaban J connectivity index is 1.87. The highest BCUT2D eigenvalue weighted by molar-refractivity contribution is 6.46. The van der Waals surface area contributed by atoms with Crippen LogP contribution in [-0.2, 0) is 11.8 Å². The van der Waals surface area contributed by atoms with Gasteiger partial charge in [0.1, 0.15) is 11.6 Å². The molecule has 2 aromatic carbocycles. The predicted octanol–water partition coefficient (Wildman–Crippen LogP) is 4.61. The second-order valence-corrected chi connectivity index (χ2v) is 7.66. The van der Waals surface area contributed by atoms with Gasteiger partial charge in [0.05, 0.1) is 11.3 Å². The number of nitrogens with one attached hydrogen (secondary N) is 2. The first-order valence-electron chi connectivity index (χ1n) is 9.86. The maximum atomic E-state index is 13.5. The minimum Gasteiger partial charge on any atom is -0.344 e. The third-order valence-corrected chi connectivity index (χ3v) is 5.41. The van der Waals surface area contributed by atoms with Gasteiger partial charge in [0.15, 0.2) is 0 Å². The summed E-state index contributed by atoms with van der Waals surface area (Å²) in [5, 5.41) is 5.17. The van der Waals surface area contributed by atoms with Crippen molar-refractivity contribution in [1.29, 1.82) is 0 Å². The number of aromatic nitrogens is 1. The number of hydrogen-bond donors (Lipinski definition) is 2. The van der Waals surface area contributed by atoms with E-state index in [1.54, 1.807) is 34.7 Å². The van der Waals surface area contributed by atoms with Crippen LogP contribution in [0.15, 0.2) is 36.4 Å². The summed E-state index contributed by atoms with van der Waals surface area (Å²) in [7, 11) is 1.59. The van der Waals surface area contributed by atoms with Crippen LogP contribution in [0.4, 0.5) is 20.2 Å². The number of rotatable bonds is 5. The van der Waals surface area contributed by atoms with Crippen LogP contribution in [0.1, 0.15) is 43.2 Å². The van der Waals surface area contributed by atoms with Gasteiger partial charge >= 0.3 is 0 Å². The van der Waals surface area contributed by atoms with Crippen LogP contribution in [0, 0.1) is 39.3 Å². The largest absolute Gasteiger partial charge is 0.344 e. The summed E-state index contributed by atoms with van der Waals surface area (Å²) in [6.07, 6.45) is 0. The van der Waals surface area contributed by atoms with Gasteiger partial charge in [0.2, 0.25) is 0 Å². The van der Waals surface area contributed by atoms with E-state index in [2.05, 4.69) is 10.6 Å². The number of ketones is 1. The van der Waals surface area contributed by atoms with E-state index in [0.29, 0.717) is 28.1 Å². The first-order chi connectivity index (χ1) is 15.0. The zero-order valence-electron chi connectivity index (χ0n) is 18.4. The Morgan fingerprint density at radius 3 is 1.81 bits per heavy atom. The fourth-order valence-electron chi connectivity index (χ4n) is 3.57. The van der Waals surface area contributed by atoms with Crippen molar-refractivity contribution in [2.24, 2.45) is 7.05 Å². The van der Waals surface area contributed by atoms with Gasteiger partial charge in [-0.1, -0.05) is 0 Å². The molecule has 8 heteroatoms. The number of carbonyl (C=O) groups is 3. The molecule has 3 aromatic rings. The second-order valence-electron chi connectivity index (χ2n) is 7.66.